The number of halogens is 1. The van der Waals surface area contributed by atoms with Gasteiger partial charge in [0.1, 0.15) is 18.0 Å². The van der Waals surface area contributed by atoms with E-state index in [-0.39, 0.29) is 12.3 Å². The molecule has 29 heavy (non-hydrogen) atoms. The van der Waals surface area contributed by atoms with E-state index in [2.05, 4.69) is 0 Å². The van der Waals surface area contributed by atoms with Gasteiger partial charge in [-0.15, -0.1) is 11.8 Å². The zero-order valence-electron chi connectivity index (χ0n) is 15.1. The summed E-state index contributed by atoms with van der Waals surface area (Å²) < 4.78 is 5.90. The number of nitrogens with zero attached hydrogens (tertiary/aromatic N) is 1. The molecule has 0 saturated carbocycles. The van der Waals surface area contributed by atoms with E-state index >= 15 is 0 Å². The summed E-state index contributed by atoms with van der Waals surface area (Å²) in [5.41, 5.74) is 0.548. The number of benzene rings is 2. The van der Waals surface area contributed by atoms with Gasteiger partial charge in [0.25, 0.3) is 5.69 Å². The summed E-state index contributed by atoms with van der Waals surface area (Å²) in [5.74, 6) is 0.407. The molecule has 4 N–H and O–H groups in total. The molecule has 10 heteroatoms. The van der Waals surface area contributed by atoms with Crippen molar-refractivity contribution in [2.24, 2.45) is 0 Å². The van der Waals surface area contributed by atoms with E-state index in [1.54, 1.807) is 30.3 Å². The molecule has 1 aliphatic heterocycles. The quantitative estimate of drug-likeness (QED) is 0.393. The fourth-order valence-electron chi connectivity index (χ4n) is 3.05. The molecule has 0 radical (unpaired) electrons. The zero-order valence-corrected chi connectivity index (χ0v) is 16.7. The molecule has 0 spiro atoms. The molecule has 1 fully saturated rings. The van der Waals surface area contributed by atoms with Crippen molar-refractivity contribution < 1.29 is 30.1 Å². The van der Waals surface area contributed by atoms with Crippen molar-refractivity contribution >= 4 is 29.1 Å². The van der Waals surface area contributed by atoms with Crippen molar-refractivity contribution in [2.75, 3.05) is 6.61 Å². The van der Waals surface area contributed by atoms with Crippen molar-refractivity contribution in [1.29, 1.82) is 0 Å². The van der Waals surface area contributed by atoms with E-state index in [1.165, 1.54) is 12.1 Å². The first-order valence-electron chi connectivity index (χ1n) is 8.79. The third-order valence-corrected chi connectivity index (χ3v) is 6.31. The average Bonchev–Trinajstić information content (AvgIpc) is 2.70. The maximum Gasteiger partial charge on any atom is 0.269 e. The highest BCUT2D eigenvalue weighted by Gasteiger charge is 2.44. The fourth-order valence-corrected chi connectivity index (χ4v) is 4.47. The monoisotopic (exact) mass is 441 g/mol. The number of nitro groups is 1. The Labute approximate surface area is 175 Å². The lowest BCUT2D eigenvalue weighted by Gasteiger charge is -2.39. The van der Waals surface area contributed by atoms with Gasteiger partial charge in [-0.1, -0.05) is 23.7 Å². The number of aliphatic hydroxyl groups excluding tert-OH is 4. The van der Waals surface area contributed by atoms with Gasteiger partial charge in [0.05, 0.1) is 22.9 Å². The summed E-state index contributed by atoms with van der Waals surface area (Å²) in [6, 6.07) is 11.0. The maximum atomic E-state index is 10.8. The van der Waals surface area contributed by atoms with E-state index in [4.69, 9.17) is 16.3 Å². The molecule has 156 valence electrons. The van der Waals surface area contributed by atoms with E-state index in [9.17, 15) is 30.5 Å². The van der Waals surface area contributed by atoms with Crippen LogP contribution in [0.2, 0.25) is 5.02 Å². The summed E-state index contributed by atoms with van der Waals surface area (Å²) >= 11 is 7.13. The van der Waals surface area contributed by atoms with Crippen LogP contribution in [0.15, 0.2) is 42.5 Å². The molecule has 0 unspecified atom stereocenters. The third kappa shape index (κ3) is 5.00. The summed E-state index contributed by atoms with van der Waals surface area (Å²) in [7, 11) is 0. The second kappa shape index (κ2) is 9.29. The fraction of sp³-hybridized carbons (Fsp3) is 0.368. The SMILES string of the molecule is O=[N+]([O-])c1ccc(Cc2cc(Cl)ccc2O[C@H]2S[C@@H](CO)[C@@H](O)[C@H](O)[C@H]2O)cc1. The van der Waals surface area contributed by atoms with Crippen LogP contribution in [0, 0.1) is 10.1 Å². The zero-order chi connectivity index (χ0) is 21.1. The van der Waals surface area contributed by atoms with Gasteiger partial charge < -0.3 is 25.2 Å². The maximum absolute atomic E-state index is 10.8. The number of non-ortho nitro benzene ring substituents is 1. The van der Waals surface area contributed by atoms with Crippen LogP contribution in [0.3, 0.4) is 0 Å². The smallest absolute Gasteiger partial charge is 0.269 e. The molecule has 0 aliphatic carbocycles. The molecule has 8 nitrogen and oxygen atoms in total. The van der Waals surface area contributed by atoms with E-state index in [1.807, 2.05) is 0 Å². The van der Waals surface area contributed by atoms with Crippen LogP contribution in [-0.2, 0) is 6.42 Å². The average molecular weight is 442 g/mol. The lowest BCUT2D eigenvalue weighted by Crippen LogP contribution is -2.55. The second-order valence-electron chi connectivity index (χ2n) is 6.67. The van der Waals surface area contributed by atoms with Gasteiger partial charge in [-0.2, -0.15) is 0 Å². The number of hydrogen-bond acceptors (Lipinski definition) is 8. The molecule has 2 aromatic rings. The van der Waals surface area contributed by atoms with Gasteiger partial charge in [0.2, 0.25) is 0 Å². The van der Waals surface area contributed by atoms with Crippen LogP contribution in [0.5, 0.6) is 5.75 Å². The Morgan fingerprint density at radius 1 is 1.07 bits per heavy atom. The van der Waals surface area contributed by atoms with Crippen molar-refractivity contribution in [3.8, 4) is 5.75 Å². The predicted molar refractivity (Wildman–Crippen MR) is 108 cm³/mol. The summed E-state index contributed by atoms with van der Waals surface area (Å²) in [4.78, 5) is 10.3. The molecule has 0 amide bonds. The van der Waals surface area contributed by atoms with Crippen LogP contribution in [-0.4, -0.2) is 61.0 Å². The number of hydrogen-bond donors (Lipinski definition) is 4. The number of rotatable bonds is 6. The number of ether oxygens (including phenoxy) is 1. The molecule has 0 aromatic heterocycles. The number of thioether (sulfide) groups is 1. The van der Waals surface area contributed by atoms with E-state index < -0.39 is 33.9 Å². The molecule has 5 atom stereocenters. The van der Waals surface area contributed by atoms with Gasteiger partial charge in [0, 0.05) is 29.1 Å². The van der Waals surface area contributed by atoms with Crippen molar-refractivity contribution in [2.45, 2.75) is 35.4 Å². The minimum atomic E-state index is -1.45. The lowest BCUT2D eigenvalue weighted by molar-refractivity contribution is -0.384. The van der Waals surface area contributed by atoms with Crippen molar-refractivity contribution in [3.05, 3.63) is 68.7 Å². The van der Waals surface area contributed by atoms with Crippen LogP contribution >= 0.6 is 23.4 Å². The van der Waals surface area contributed by atoms with E-state index in [0.29, 0.717) is 22.8 Å². The van der Waals surface area contributed by atoms with Gasteiger partial charge in [-0.05, 0) is 23.8 Å². The Hall–Kier alpha value is -1.88. The second-order valence-corrected chi connectivity index (χ2v) is 8.45. The molecule has 2 aromatic carbocycles. The standard InChI is InChI=1S/C19H20ClNO7S/c20-12-3-6-14(28-19-18(25)17(24)16(23)15(9-22)29-19)11(8-12)7-10-1-4-13(5-2-10)21(26)27/h1-6,8,15-19,22-25H,7,9H2/t15-,16+,17-,18+,19-/m0/s1. The van der Waals surface area contributed by atoms with Gasteiger partial charge in [0.15, 0.2) is 5.44 Å². The molecular weight excluding hydrogens is 422 g/mol. The molecule has 1 heterocycles. The highest BCUT2D eigenvalue weighted by molar-refractivity contribution is 8.00. The minimum Gasteiger partial charge on any atom is -0.477 e. The Morgan fingerprint density at radius 2 is 1.76 bits per heavy atom. The van der Waals surface area contributed by atoms with Crippen molar-refractivity contribution in [1.82, 2.24) is 0 Å². The molecule has 0 bridgehead atoms. The van der Waals surface area contributed by atoms with Crippen LogP contribution in [0.4, 0.5) is 5.69 Å². The third-order valence-electron chi connectivity index (χ3n) is 4.66. The van der Waals surface area contributed by atoms with Gasteiger partial charge in [-0.25, -0.2) is 0 Å². The normalized spacial score (nSPS) is 26.9. The first-order chi connectivity index (χ1) is 13.8. The number of nitro benzene ring substituents is 1. The predicted octanol–water partition coefficient (Wildman–Crippen LogP) is 1.73. The van der Waals surface area contributed by atoms with E-state index in [0.717, 1.165) is 17.3 Å². The minimum absolute atomic E-state index is 0.0133. The summed E-state index contributed by atoms with van der Waals surface area (Å²) in [5, 5.41) is 50.2. The molecular formula is C19H20ClNO7S. The number of aliphatic hydroxyl groups is 4. The largest absolute Gasteiger partial charge is 0.477 e. The van der Waals surface area contributed by atoms with Gasteiger partial charge >= 0.3 is 0 Å². The van der Waals surface area contributed by atoms with Crippen LogP contribution < -0.4 is 4.74 Å². The lowest BCUT2D eigenvalue weighted by atomic mass is 10.0. The molecule has 1 saturated heterocycles. The first kappa shape index (κ1) is 21.8. The topological polar surface area (TPSA) is 133 Å². The van der Waals surface area contributed by atoms with Crippen LogP contribution in [0.1, 0.15) is 11.1 Å². The van der Waals surface area contributed by atoms with Gasteiger partial charge in [-0.3, -0.25) is 10.1 Å². The Bertz CT molecular complexity index is 864. The Kier molecular flexibility index (Phi) is 6.99. The highest BCUT2D eigenvalue weighted by Crippen LogP contribution is 2.36. The van der Waals surface area contributed by atoms with Crippen molar-refractivity contribution in [3.63, 3.8) is 0 Å². The highest BCUT2D eigenvalue weighted by atomic mass is 35.5. The molecule has 3 rings (SSSR count). The summed E-state index contributed by atoms with van der Waals surface area (Å²) in [6.45, 7) is -0.383. The molecule has 1 aliphatic rings. The Morgan fingerprint density at radius 3 is 2.38 bits per heavy atom. The first-order valence-corrected chi connectivity index (χ1v) is 10.1. The summed E-state index contributed by atoms with van der Waals surface area (Å²) in [6.07, 6.45) is -3.72. The van der Waals surface area contributed by atoms with Crippen LogP contribution in [0.25, 0.3) is 0 Å². The Balaban J connectivity index is 1.82.